The summed E-state index contributed by atoms with van der Waals surface area (Å²) in [4.78, 5) is 4.99. The van der Waals surface area contributed by atoms with Gasteiger partial charge in [-0.2, -0.15) is 0 Å². The normalized spacial score (nSPS) is 16.6. The summed E-state index contributed by atoms with van der Waals surface area (Å²) in [5.74, 6) is 0. The van der Waals surface area contributed by atoms with Crippen molar-refractivity contribution < 1.29 is 0 Å². The second-order valence-corrected chi connectivity index (χ2v) is 6.90. The molecule has 0 aliphatic carbocycles. The van der Waals surface area contributed by atoms with Gasteiger partial charge < -0.3 is 9.80 Å². The molecule has 1 aliphatic heterocycles. The first-order chi connectivity index (χ1) is 11.2. The number of hydrogen-bond acceptors (Lipinski definition) is 2. The summed E-state index contributed by atoms with van der Waals surface area (Å²) in [5.41, 5.74) is 3.86. The lowest BCUT2D eigenvalue weighted by Crippen LogP contribution is -2.44. The Hall–Kier alpha value is -1.35. The molecule has 2 aromatic rings. The third kappa shape index (κ3) is 4.81. The van der Waals surface area contributed by atoms with Crippen molar-refractivity contribution in [2.24, 2.45) is 0 Å². The number of rotatable bonds is 5. The first kappa shape index (κ1) is 16.5. The van der Waals surface area contributed by atoms with E-state index < -0.39 is 0 Å². The molecule has 122 valence electrons. The van der Waals surface area contributed by atoms with Crippen LogP contribution in [0.4, 0.5) is 0 Å². The van der Waals surface area contributed by atoms with E-state index >= 15 is 0 Å². The molecule has 1 fully saturated rings. The molecule has 0 atom stereocenters. The van der Waals surface area contributed by atoms with Crippen LogP contribution < -0.4 is 0 Å². The monoisotopic (exact) mass is 328 g/mol. The quantitative estimate of drug-likeness (QED) is 0.812. The zero-order chi connectivity index (χ0) is 16.1. The van der Waals surface area contributed by atoms with Crippen LogP contribution in [-0.2, 0) is 6.42 Å². The number of hydrogen-bond donors (Lipinski definition) is 0. The zero-order valence-corrected chi connectivity index (χ0v) is 14.6. The number of nitrogens with zero attached hydrogens (tertiary/aromatic N) is 2. The van der Waals surface area contributed by atoms with Crippen LogP contribution in [0.25, 0.3) is 11.1 Å². The highest BCUT2D eigenvalue weighted by molar-refractivity contribution is 6.30. The maximum Gasteiger partial charge on any atom is 0.0412 e. The molecule has 2 aromatic carbocycles. The average molecular weight is 329 g/mol. The molecule has 0 unspecified atom stereocenters. The van der Waals surface area contributed by atoms with Gasteiger partial charge in [0.05, 0.1) is 0 Å². The van der Waals surface area contributed by atoms with Gasteiger partial charge in [-0.3, -0.25) is 0 Å². The topological polar surface area (TPSA) is 6.48 Å². The van der Waals surface area contributed by atoms with Crippen LogP contribution in [0.3, 0.4) is 0 Å². The van der Waals surface area contributed by atoms with Crippen molar-refractivity contribution in [2.75, 3.05) is 39.8 Å². The van der Waals surface area contributed by atoms with Crippen molar-refractivity contribution in [2.45, 2.75) is 12.8 Å². The van der Waals surface area contributed by atoms with E-state index in [1.807, 2.05) is 18.2 Å². The summed E-state index contributed by atoms with van der Waals surface area (Å²) in [5, 5.41) is 0.794. The van der Waals surface area contributed by atoms with E-state index in [0.717, 1.165) is 11.4 Å². The standard InChI is InChI=1S/C20H25ClN2/c1-22-11-13-23(14-12-22)10-4-6-17-5-2-7-18(15-17)19-8-3-9-20(21)16-19/h2-3,5,7-9,15-16H,4,6,10-14H2,1H3. The fourth-order valence-corrected chi connectivity index (χ4v) is 3.34. The molecule has 0 amide bonds. The summed E-state index contributed by atoms with van der Waals surface area (Å²) in [6.45, 7) is 6.02. The molecule has 0 bridgehead atoms. The second-order valence-electron chi connectivity index (χ2n) is 6.46. The summed E-state index contributed by atoms with van der Waals surface area (Å²) >= 11 is 6.11. The molecule has 1 heterocycles. The number of benzene rings is 2. The highest BCUT2D eigenvalue weighted by Crippen LogP contribution is 2.24. The van der Waals surface area contributed by atoms with Crippen LogP contribution in [0.2, 0.25) is 5.02 Å². The fraction of sp³-hybridized carbons (Fsp3) is 0.400. The first-order valence-corrected chi connectivity index (χ1v) is 8.84. The minimum atomic E-state index is 0.794. The van der Waals surface area contributed by atoms with Crippen LogP contribution in [0, 0.1) is 0 Å². The number of halogens is 1. The fourth-order valence-electron chi connectivity index (χ4n) is 3.15. The van der Waals surface area contributed by atoms with Gasteiger partial charge in [-0.05, 0) is 55.3 Å². The van der Waals surface area contributed by atoms with Crippen LogP contribution >= 0.6 is 11.6 Å². The van der Waals surface area contributed by atoms with Crippen LogP contribution in [0.5, 0.6) is 0 Å². The molecule has 1 saturated heterocycles. The van der Waals surface area contributed by atoms with Crippen LogP contribution in [-0.4, -0.2) is 49.6 Å². The Kier molecular flexibility index (Phi) is 5.71. The Morgan fingerprint density at radius 1 is 0.913 bits per heavy atom. The van der Waals surface area contributed by atoms with E-state index in [4.69, 9.17) is 11.6 Å². The van der Waals surface area contributed by atoms with Gasteiger partial charge in [-0.25, -0.2) is 0 Å². The SMILES string of the molecule is CN1CCN(CCCc2cccc(-c3cccc(Cl)c3)c2)CC1. The Labute approximate surface area is 144 Å². The molecule has 0 N–H and O–H groups in total. The van der Waals surface area contributed by atoms with Crippen molar-refractivity contribution in [3.8, 4) is 11.1 Å². The summed E-state index contributed by atoms with van der Waals surface area (Å²) < 4.78 is 0. The van der Waals surface area contributed by atoms with Gasteiger partial charge in [0.1, 0.15) is 0 Å². The lowest BCUT2D eigenvalue weighted by Gasteiger charge is -2.32. The van der Waals surface area contributed by atoms with E-state index in [1.54, 1.807) is 0 Å². The van der Waals surface area contributed by atoms with Crippen molar-refractivity contribution in [3.05, 3.63) is 59.1 Å². The van der Waals surface area contributed by atoms with Gasteiger partial charge in [-0.1, -0.05) is 48.0 Å². The molecular weight excluding hydrogens is 304 g/mol. The molecule has 23 heavy (non-hydrogen) atoms. The summed E-state index contributed by atoms with van der Waals surface area (Å²) in [7, 11) is 2.21. The van der Waals surface area contributed by atoms with Gasteiger partial charge in [0.2, 0.25) is 0 Å². The largest absolute Gasteiger partial charge is 0.304 e. The number of piperazine rings is 1. The minimum Gasteiger partial charge on any atom is -0.304 e. The molecule has 0 saturated carbocycles. The van der Waals surface area contributed by atoms with E-state index in [1.165, 1.54) is 55.8 Å². The van der Waals surface area contributed by atoms with Crippen LogP contribution in [0.1, 0.15) is 12.0 Å². The Morgan fingerprint density at radius 2 is 1.61 bits per heavy atom. The minimum absolute atomic E-state index is 0.794. The van der Waals surface area contributed by atoms with Gasteiger partial charge in [-0.15, -0.1) is 0 Å². The van der Waals surface area contributed by atoms with Gasteiger partial charge >= 0.3 is 0 Å². The average Bonchev–Trinajstić information content (AvgIpc) is 2.57. The first-order valence-electron chi connectivity index (χ1n) is 8.46. The van der Waals surface area contributed by atoms with E-state index in [-0.39, 0.29) is 0 Å². The third-order valence-electron chi connectivity index (χ3n) is 4.62. The van der Waals surface area contributed by atoms with E-state index in [2.05, 4.69) is 47.2 Å². The van der Waals surface area contributed by atoms with Gasteiger partial charge in [0.25, 0.3) is 0 Å². The van der Waals surface area contributed by atoms with E-state index in [9.17, 15) is 0 Å². The Bertz CT molecular complexity index is 633. The smallest absolute Gasteiger partial charge is 0.0412 e. The molecule has 3 rings (SSSR count). The van der Waals surface area contributed by atoms with Crippen molar-refractivity contribution in [1.29, 1.82) is 0 Å². The lowest BCUT2D eigenvalue weighted by molar-refractivity contribution is 0.153. The second kappa shape index (κ2) is 7.96. The van der Waals surface area contributed by atoms with E-state index in [0.29, 0.717) is 0 Å². The maximum atomic E-state index is 6.11. The third-order valence-corrected chi connectivity index (χ3v) is 4.86. The molecular formula is C20H25ClN2. The molecule has 3 heteroatoms. The predicted molar refractivity (Wildman–Crippen MR) is 99.1 cm³/mol. The summed E-state index contributed by atoms with van der Waals surface area (Å²) in [6, 6.07) is 16.9. The number of aryl methyl sites for hydroxylation is 1. The molecule has 0 spiro atoms. The molecule has 0 radical (unpaired) electrons. The summed E-state index contributed by atoms with van der Waals surface area (Å²) in [6.07, 6.45) is 2.36. The van der Waals surface area contributed by atoms with Crippen molar-refractivity contribution >= 4 is 11.6 Å². The predicted octanol–water partition coefficient (Wildman–Crippen LogP) is 4.19. The maximum absolute atomic E-state index is 6.11. The van der Waals surface area contributed by atoms with Crippen molar-refractivity contribution in [1.82, 2.24) is 9.80 Å². The van der Waals surface area contributed by atoms with Crippen LogP contribution in [0.15, 0.2) is 48.5 Å². The zero-order valence-electron chi connectivity index (χ0n) is 13.8. The molecule has 1 aliphatic rings. The van der Waals surface area contributed by atoms with Crippen molar-refractivity contribution in [3.63, 3.8) is 0 Å². The Balaban J connectivity index is 1.56. The highest BCUT2D eigenvalue weighted by Gasteiger charge is 2.12. The Morgan fingerprint density at radius 3 is 2.35 bits per heavy atom. The number of likely N-dealkylation sites (N-methyl/N-ethyl adjacent to an activating group) is 1. The van der Waals surface area contributed by atoms with Gasteiger partial charge in [0.15, 0.2) is 0 Å². The highest BCUT2D eigenvalue weighted by atomic mass is 35.5. The lowest BCUT2D eigenvalue weighted by atomic mass is 10.0. The molecule has 2 nitrogen and oxygen atoms in total. The molecule has 0 aromatic heterocycles. The van der Waals surface area contributed by atoms with Gasteiger partial charge in [0, 0.05) is 31.2 Å².